The quantitative estimate of drug-likeness (QED) is 0.288. The third-order valence-electron chi connectivity index (χ3n) is 4.09. The lowest BCUT2D eigenvalue weighted by Crippen LogP contribution is -2.01. The Kier molecular flexibility index (Phi) is 10.5. The first-order valence-corrected chi connectivity index (χ1v) is 9.53. The fourth-order valence-electron chi connectivity index (χ4n) is 2.33. The molecule has 0 fully saturated rings. The van der Waals surface area contributed by atoms with Crippen molar-refractivity contribution in [1.82, 2.24) is 0 Å². The molecule has 36 heavy (non-hydrogen) atoms. The molecule has 3 rings (SSSR count). The number of carbonyl (C=O) groups is 6. The molecule has 0 bridgehead atoms. The summed E-state index contributed by atoms with van der Waals surface area (Å²) in [5, 5.41) is 50.9. The van der Waals surface area contributed by atoms with Crippen LogP contribution in [0.1, 0.15) is 62.1 Å². The molecule has 12 heteroatoms. The predicted octanol–water partition coefficient (Wildman–Crippen LogP) is 3.25. The van der Waals surface area contributed by atoms with Crippen LogP contribution in [0.2, 0.25) is 0 Å². The maximum absolute atomic E-state index is 10.4. The molecule has 6 N–H and O–H groups in total. The molecule has 0 aliphatic heterocycles. The second-order valence-corrected chi connectivity index (χ2v) is 6.57. The highest BCUT2D eigenvalue weighted by atomic mass is 16.4. The van der Waals surface area contributed by atoms with Crippen molar-refractivity contribution in [2.24, 2.45) is 0 Å². The minimum absolute atomic E-state index is 0.0186. The van der Waals surface area contributed by atoms with Gasteiger partial charge in [-0.2, -0.15) is 0 Å². The molecule has 3 aromatic rings. The van der Waals surface area contributed by atoms with Gasteiger partial charge in [0.05, 0.1) is 33.4 Å². The standard InChI is InChI=1S/3C8H6O4/c9-7(10)5-1-2-6(4-3-5)8(11)12;2*9-7(10)5-2-1-3-6(4-5)8(11)12/h3*1-4H,(H,9,10)(H,11,12). The van der Waals surface area contributed by atoms with E-state index in [-0.39, 0.29) is 33.4 Å². The van der Waals surface area contributed by atoms with Crippen molar-refractivity contribution in [3.8, 4) is 0 Å². The molecule has 0 saturated heterocycles. The Labute approximate surface area is 201 Å². The van der Waals surface area contributed by atoms with E-state index >= 15 is 0 Å². The lowest BCUT2D eigenvalue weighted by Gasteiger charge is -1.95. The molecular formula is C24H18O12. The first-order valence-electron chi connectivity index (χ1n) is 9.53. The number of carboxylic acids is 6. The second kappa shape index (κ2) is 13.3. The third-order valence-corrected chi connectivity index (χ3v) is 4.09. The Bertz CT molecular complexity index is 1130. The van der Waals surface area contributed by atoms with Gasteiger partial charge < -0.3 is 30.6 Å². The molecular weight excluding hydrogens is 480 g/mol. The van der Waals surface area contributed by atoms with Gasteiger partial charge in [-0.05, 0) is 60.7 Å². The summed E-state index contributed by atoms with van der Waals surface area (Å²) < 4.78 is 0. The Morgan fingerprint density at radius 2 is 0.528 bits per heavy atom. The molecule has 0 amide bonds. The summed E-state index contributed by atoms with van der Waals surface area (Å²) in [4.78, 5) is 62.2. The third kappa shape index (κ3) is 9.15. The van der Waals surface area contributed by atoms with Crippen molar-refractivity contribution in [2.45, 2.75) is 0 Å². The van der Waals surface area contributed by atoms with Crippen molar-refractivity contribution in [3.05, 3.63) is 106 Å². The lowest BCUT2D eigenvalue weighted by molar-refractivity contribution is 0.0676. The number of carboxylic acid groups (broad SMARTS) is 6. The van der Waals surface area contributed by atoms with Crippen molar-refractivity contribution < 1.29 is 59.4 Å². The van der Waals surface area contributed by atoms with E-state index in [0.717, 1.165) is 12.1 Å². The second-order valence-electron chi connectivity index (χ2n) is 6.57. The van der Waals surface area contributed by atoms with E-state index in [1.165, 1.54) is 60.7 Å². The minimum Gasteiger partial charge on any atom is -0.478 e. The summed E-state index contributed by atoms with van der Waals surface area (Å²) in [6.07, 6.45) is 0. The van der Waals surface area contributed by atoms with E-state index in [0.29, 0.717) is 0 Å². The molecule has 0 heterocycles. The summed E-state index contributed by atoms with van der Waals surface area (Å²) in [5.41, 5.74) is 0.0922. The molecule has 0 unspecified atom stereocenters. The van der Waals surface area contributed by atoms with Gasteiger partial charge in [-0.3, -0.25) is 0 Å². The molecule has 3 aromatic carbocycles. The summed E-state index contributed by atoms with van der Waals surface area (Å²) in [7, 11) is 0. The van der Waals surface area contributed by atoms with Gasteiger partial charge in [-0.25, -0.2) is 28.8 Å². The van der Waals surface area contributed by atoms with Gasteiger partial charge in [0.25, 0.3) is 0 Å². The highest BCUT2D eigenvalue weighted by Crippen LogP contribution is 2.06. The maximum atomic E-state index is 10.4. The highest BCUT2D eigenvalue weighted by molar-refractivity contribution is 5.94. The van der Waals surface area contributed by atoms with E-state index in [1.54, 1.807) is 0 Å². The zero-order valence-electron chi connectivity index (χ0n) is 18.1. The van der Waals surface area contributed by atoms with Crippen LogP contribution in [0.3, 0.4) is 0 Å². The van der Waals surface area contributed by atoms with Crippen LogP contribution >= 0.6 is 0 Å². The molecule has 0 aliphatic carbocycles. The monoisotopic (exact) mass is 498 g/mol. The average Bonchev–Trinajstić information content (AvgIpc) is 2.85. The number of hydrogen-bond acceptors (Lipinski definition) is 6. The smallest absolute Gasteiger partial charge is 0.335 e. The zero-order valence-corrected chi connectivity index (χ0v) is 18.1. The van der Waals surface area contributed by atoms with Crippen LogP contribution in [0.25, 0.3) is 0 Å². The number of hydrogen-bond donors (Lipinski definition) is 6. The van der Waals surface area contributed by atoms with Crippen molar-refractivity contribution >= 4 is 35.8 Å². The van der Waals surface area contributed by atoms with Gasteiger partial charge in [0.2, 0.25) is 0 Å². The zero-order chi connectivity index (χ0) is 27.4. The summed E-state index contributed by atoms with van der Waals surface area (Å²) >= 11 is 0. The van der Waals surface area contributed by atoms with Gasteiger partial charge in [0.15, 0.2) is 0 Å². The van der Waals surface area contributed by atoms with E-state index < -0.39 is 35.8 Å². The normalized spacial score (nSPS) is 9.33. The molecule has 12 nitrogen and oxygen atoms in total. The molecule has 0 saturated carbocycles. The van der Waals surface area contributed by atoms with Gasteiger partial charge in [-0.1, -0.05) is 12.1 Å². The molecule has 0 aromatic heterocycles. The predicted molar refractivity (Wildman–Crippen MR) is 121 cm³/mol. The largest absolute Gasteiger partial charge is 0.478 e. The van der Waals surface area contributed by atoms with Crippen molar-refractivity contribution in [3.63, 3.8) is 0 Å². The van der Waals surface area contributed by atoms with Crippen LogP contribution < -0.4 is 0 Å². The Balaban J connectivity index is 0.000000270. The van der Waals surface area contributed by atoms with Crippen LogP contribution in [-0.2, 0) is 0 Å². The van der Waals surface area contributed by atoms with Gasteiger partial charge in [0, 0.05) is 0 Å². The van der Waals surface area contributed by atoms with Crippen LogP contribution in [0, 0.1) is 0 Å². The topological polar surface area (TPSA) is 224 Å². The molecule has 0 spiro atoms. The van der Waals surface area contributed by atoms with Gasteiger partial charge >= 0.3 is 35.8 Å². The van der Waals surface area contributed by atoms with Crippen LogP contribution in [0.4, 0.5) is 0 Å². The van der Waals surface area contributed by atoms with Crippen molar-refractivity contribution in [1.29, 1.82) is 0 Å². The van der Waals surface area contributed by atoms with E-state index in [2.05, 4.69) is 0 Å². The highest BCUT2D eigenvalue weighted by Gasteiger charge is 2.08. The summed E-state index contributed by atoms with van der Waals surface area (Å²) in [5.74, 6) is -6.63. The summed E-state index contributed by atoms with van der Waals surface area (Å²) in [6.45, 7) is 0. The Morgan fingerprint density at radius 3 is 0.694 bits per heavy atom. The Morgan fingerprint density at radius 1 is 0.333 bits per heavy atom. The van der Waals surface area contributed by atoms with Crippen LogP contribution in [0.5, 0.6) is 0 Å². The van der Waals surface area contributed by atoms with Crippen LogP contribution in [0.15, 0.2) is 72.8 Å². The fraction of sp³-hybridized carbons (Fsp3) is 0. The Hall–Kier alpha value is -5.52. The van der Waals surface area contributed by atoms with E-state index in [4.69, 9.17) is 30.6 Å². The van der Waals surface area contributed by atoms with E-state index in [1.807, 2.05) is 0 Å². The lowest BCUT2D eigenvalue weighted by atomic mass is 10.1. The minimum atomic E-state index is -1.13. The molecule has 0 radical (unpaired) electrons. The summed E-state index contributed by atoms with van der Waals surface area (Å²) in [6, 6.07) is 15.4. The number of aromatic carboxylic acids is 6. The van der Waals surface area contributed by atoms with Crippen LogP contribution in [-0.4, -0.2) is 66.5 Å². The molecule has 0 atom stereocenters. The maximum Gasteiger partial charge on any atom is 0.335 e. The van der Waals surface area contributed by atoms with Gasteiger partial charge in [0.1, 0.15) is 0 Å². The number of rotatable bonds is 6. The SMILES string of the molecule is O=C(O)c1ccc(C(=O)O)cc1.O=C(O)c1cccc(C(=O)O)c1.O=C(O)c1cccc(C(=O)O)c1. The molecule has 186 valence electrons. The molecule has 0 aliphatic rings. The van der Waals surface area contributed by atoms with Crippen molar-refractivity contribution in [2.75, 3.05) is 0 Å². The average molecular weight is 498 g/mol. The first kappa shape index (κ1) is 28.5. The van der Waals surface area contributed by atoms with E-state index in [9.17, 15) is 28.8 Å². The number of benzene rings is 3. The first-order chi connectivity index (χ1) is 16.8. The fourth-order valence-corrected chi connectivity index (χ4v) is 2.33. The van der Waals surface area contributed by atoms with Gasteiger partial charge in [-0.15, -0.1) is 0 Å².